The van der Waals surface area contributed by atoms with E-state index in [1.54, 1.807) is 6.92 Å². The fraction of sp³-hybridized carbons (Fsp3) is 1.00. The van der Waals surface area contributed by atoms with Crippen molar-refractivity contribution < 1.29 is 50.3 Å². The van der Waals surface area contributed by atoms with Gasteiger partial charge in [-0.3, -0.25) is 0 Å². The van der Waals surface area contributed by atoms with Crippen molar-refractivity contribution in [2.45, 2.75) is 68.5 Å². The number of hydrogen-bond acceptors (Lipinski definition) is 10. The molecule has 9 atom stereocenters. The third-order valence-electron chi connectivity index (χ3n) is 3.86. The number of rotatable bonds is 8. The number of ether oxygens (including phenoxy) is 2. The Morgan fingerprint density at radius 3 is 2.04 bits per heavy atom. The molecule has 10 heteroatoms. The molecule has 2 unspecified atom stereocenters. The van der Waals surface area contributed by atoms with Crippen molar-refractivity contribution in [1.29, 1.82) is 0 Å². The van der Waals surface area contributed by atoms with E-state index >= 15 is 0 Å². The van der Waals surface area contributed by atoms with Gasteiger partial charge in [0.2, 0.25) is 0 Å². The SMILES string of the molecule is CC[C@@H](O)[C@@H](O[C@H]1OC(CO)[C@@H](O)C(O)[C@@H]1O)[C@H](O)[C@@H](O)CO. The summed E-state index contributed by atoms with van der Waals surface area (Å²) in [5.41, 5.74) is 0. The van der Waals surface area contributed by atoms with E-state index < -0.39 is 68.3 Å². The first-order chi connectivity index (χ1) is 10.8. The zero-order valence-electron chi connectivity index (χ0n) is 12.7. The Bertz CT molecular complexity index is 341. The Kier molecular flexibility index (Phi) is 8.24. The molecule has 23 heavy (non-hydrogen) atoms. The molecule has 0 aromatic carbocycles. The topological polar surface area (TPSA) is 180 Å². The van der Waals surface area contributed by atoms with Crippen LogP contribution in [0.3, 0.4) is 0 Å². The Balaban J connectivity index is 2.89. The standard InChI is InChI=1S/C13H26O10/c1-2-5(16)12(8(18)6(17)3-14)23-13-11(21)10(20)9(19)7(4-15)22-13/h5-21H,2-4H2,1H3/t5-,6+,7?,8-,9-,10?,11+,12-,13-/m1/s1. The first-order valence-corrected chi connectivity index (χ1v) is 7.39. The van der Waals surface area contributed by atoms with Crippen molar-refractivity contribution in [1.82, 2.24) is 0 Å². The van der Waals surface area contributed by atoms with Crippen LogP contribution in [0.5, 0.6) is 0 Å². The van der Waals surface area contributed by atoms with Gasteiger partial charge >= 0.3 is 0 Å². The minimum Gasteiger partial charge on any atom is -0.394 e. The average molecular weight is 342 g/mol. The molecular weight excluding hydrogens is 316 g/mol. The third-order valence-corrected chi connectivity index (χ3v) is 3.86. The summed E-state index contributed by atoms with van der Waals surface area (Å²) >= 11 is 0. The van der Waals surface area contributed by atoms with E-state index in [9.17, 15) is 30.6 Å². The monoisotopic (exact) mass is 342 g/mol. The average Bonchev–Trinajstić information content (AvgIpc) is 2.57. The van der Waals surface area contributed by atoms with Crippen molar-refractivity contribution >= 4 is 0 Å². The highest BCUT2D eigenvalue weighted by atomic mass is 16.7. The van der Waals surface area contributed by atoms with Crippen LogP contribution in [-0.2, 0) is 9.47 Å². The largest absolute Gasteiger partial charge is 0.394 e. The molecule has 0 spiro atoms. The summed E-state index contributed by atoms with van der Waals surface area (Å²) in [5, 5.41) is 76.6. The summed E-state index contributed by atoms with van der Waals surface area (Å²) in [6.45, 7) is 0.131. The molecule has 0 radical (unpaired) electrons. The van der Waals surface area contributed by atoms with E-state index in [-0.39, 0.29) is 6.42 Å². The molecule has 0 saturated carbocycles. The van der Waals surface area contributed by atoms with Crippen LogP contribution in [0.2, 0.25) is 0 Å². The second-order valence-electron chi connectivity index (χ2n) is 5.51. The summed E-state index contributed by atoms with van der Waals surface area (Å²) in [6, 6.07) is 0. The van der Waals surface area contributed by atoms with Crippen molar-refractivity contribution in [3.05, 3.63) is 0 Å². The van der Waals surface area contributed by atoms with Crippen LogP contribution in [-0.4, -0.2) is 109 Å². The Morgan fingerprint density at radius 1 is 0.957 bits per heavy atom. The molecule has 1 heterocycles. The number of aliphatic hydroxyl groups excluding tert-OH is 8. The van der Waals surface area contributed by atoms with Crippen LogP contribution in [0.1, 0.15) is 13.3 Å². The lowest BCUT2D eigenvalue weighted by molar-refractivity contribution is -0.326. The fourth-order valence-electron chi connectivity index (χ4n) is 2.29. The minimum absolute atomic E-state index is 0.122. The first-order valence-electron chi connectivity index (χ1n) is 7.39. The summed E-state index contributed by atoms with van der Waals surface area (Å²) in [5.74, 6) is 0. The molecule has 0 bridgehead atoms. The normalized spacial score (nSPS) is 37.2. The van der Waals surface area contributed by atoms with Crippen LogP contribution in [0, 0.1) is 0 Å². The van der Waals surface area contributed by atoms with Gasteiger partial charge in [-0.25, -0.2) is 0 Å². The van der Waals surface area contributed by atoms with E-state index in [1.165, 1.54) is 0 Å². The lowest BCUT2D eigenvalue weighted by atomic mass is 9.98. The van der Waals surface area contributed by atoms with Gasteiger partial charge < -0.3 is 50.3 Å². The van der Waals surface area contributed by atoms with E-state index in [0.29, 0.717) is 0 Å². The second-order valence-corrected chi connectivity index (χ2v) is 5.51. The summed E-state index contributed by atoms with van der Waals surface area (Å²) in [7, 11) is 0. The Labute approximate surface area is 133 Å². The zero-order valence-corrected chi connectivity index (χ0v) is 12.7. The second kappa shape index (κ2) is 9.18. The smallest absolute Gasteiger partial charge is 0.187 e. The molecule has 0 aromatic heterocycles. The minimum atomic E-state index is -1.71. The van der Waals surface area contributed by atoms with E-state index in [2.05, 4.69) is 0 Å². The van der Waals surface area contributed by atoms with Crippen molar-refractivity contribution in [3.8, 4) is 0 Å². The number of hydrogen-bond donors (Lipinski definition) is 8. The third kappa shape index (κ3) is 4.79. The quantitative estimate of drug-likeness (QED) is 0.215. The highest BCUT2D eigenvalue weighted by Gasteiger charge is 2.46. The van der Waals surface area contributed by atoms with Gasteiger partial charge in [-0.05, 0) is 6.42 Å². The molecule has 1 aliphatic heterocycles. The van der Waals surface area contributed by atoms with Gasteiger partial charge in [0.1, 0.15) is 42.7 Å². The lowest BCUT2D eigenvalue weighted by Crippen LogP contribution is -2.61. The predicted octanol–water partition coefficient (Wildman–Crippen LogP) is -4.34. The van der Waals surface area contributed by atoms with E-state index in [0.717, 1.165) is 0 Å². The lowest BCUT2D eigenvalue weighted by Gasteiger charge is -2.42. The molecule has 1 aliphatic rings. The Hall–Kier alpha value is -0.400. The summed E-state index contributed by atoms with van der Waals surface area (Å²) in [6.07, 6.45) is -13.6. The van der Waals surface area contributed by atoms with Gasteiger partial charge in [0, 0.05) is 0 Å². The molecule has 1 fully saturated rings. The maximum absolute atomic E-state index is 9.94. The first kappa shape index (κ1) is 20.6. The van der Waals surface area contributed by atoms with E-state index in [1.807, 2.05) is 0 Å². The number of aliphatic hydroxyl groups is 8. The van der Waals surface area contributed by atoms with Crippen molar-refractivity contribution in [2.75, 3.05) is 13.2 Å². The van der Waals surface area contributed by atoms with Gasteiger partial charge in [0.05, 0.1) is 19.3 Å². The van der Waals surface area contributed by atoms with Crippen molar-refractivity contribution in [2.24, 2.45) is 0 Å². The van der Waals surface area contributed by atoms with Gasteiger partial charge in [0.25, 0.3) is 0 Å². The van der Waals surface area contributed by atoms with Gasteiger partial charge in [-0.1, -0.05) is 6.92 Å². The molecule has 0 amide bonds. The van der Waals surface area contributed by atoms with Crippen LogP contribution >= 0.6 is 0 Å². The van der Waals surface area contributed by atoms with Gasteiger partial charge in [-0.2, -0.15) is 0 Å². The molecule has 1 rings (SSSR count). The van der Waals surface area contributed by atoms with Crippen LogP contribution in [0.4, 0.5) is 0 Å². The zero-order chi connectivity index (χ0) is 17.7. The van der Waals surface area contributed by atoms with Gasteiger partial charge in [0.15, 0.2) is 6.29 Å². The van der Waals surface area contributed by atoms with Crippen LogP contribution < -0.4 is 0 Å². The van der Waals surface area contributed by atoms with Gasteiger partial charge in [-0.15, -0.1) is 0 Å². The Morgan fingerprint density at radius 2 is 1.57 bits per heavy atom. The van der Waals surface area contributed by atoms with Crippen LogP contribution in [0.25, 0.3) is 0 Å². The molecule has 1 saturated heterocycles. The fourth-order valence-corrected chi connectivity index (χ4v) is 2.29. The highest BCUT2D eigenvalue weighted by molar-refractivity contribution is 4.91. The van der Waals surface area contributed by atoms with Crippen molar-refractivity contribution in [3.63, 3.8) is 0 Å². The van der Waals surface area contributed by atoms with Crippen LogP contribution in [0.15, 0.2) is 0 Å². The predicted molar refractivity (Wildman–Crippen MR) is 74.0 cm³/mol. The highest BCUT2D eigenvalue weighted by Crippen LogP contribution is 2.25. The molecular formula is C13H26O10. The molecule has 8 N–H and O–H groups in total. The maximum atomic E-state index is 9.94. The molecule has 10 nitrogen and oxygen atoms in total. The molecule has 0 aliphatic carbocycles. The van der Waals surface area contributed by atoms with E-state index in [4.69, 9.17) is 19.7 Å². The maximum Gasteiger partial charge on any atom is 0.187 e. The molecule has 138 valence electrons. The summed E-state index contributed by atoms with van der Waals surface area (Å²) in [4.78, 5) is 0. The molecule has 0 aromatic rings. The summed E-state index contributed by atoms with van der Waals surface area (Å²) < 4.78 is 10.4.